The second-order valence-electron chi connectivity index (χ2n) is 5.65. The monoisotopic (exact) mass is 356 g/mol. The highest BCUT2D eigenvalue weighted by Gasteiger charge is 2.28. The SMILES string of the molecule is CCOc1cccc(CNC(=O)CC2Sc3ccccc3NC2=O)c1. The lowest BCUT2D eigenvalue weighted by Crippen LogP contribution is -2.34. The lowest BCUT2D eigenvalue weighted by Gasteiger charge is -2.23. The van der Waals surface area contributed by atoms with E-state index in [4.69, 9.17) is 4.74 Å². The second kappa shape index (κ2) is 8.07. The minimum atomic E-state index is -0.412. The molecule has 0 fully saturated rings. The van der Waals surface area contributed by atoms with Gasteiger partial charge in [0.2, 0.25) is 11.8 Å². The molecule has 0 bridgehead atoms. The van der Waals surface area contributed by atoms with Crippen molar-refractivity contribution in [2.24, 2.45) is 0 Å². The standard InChI is InChI=1S/C19H20N2O3S/c1-2-24-14-7-5-6-13(10-14)12-20-18(22)11-17-19(23)21-15-8-3-4-9-16(15)25-17/h3-10,17H,2,11-12H2,1H3,(H,20,22)(H,21,23). The Labute approximate surface area is 151 Å². The van der Waals surface area contributed by atoms with Crippen LogP contribution in [0.1, 0.15) is 18.9 Å². The minimum absolute atomic E-state index is 0.128. The van der Waals surface area contributed by atoms with E-state index >= 15 is 0 Å². The molecule has 0 aromatic heterocycles. The van der Waals surface area contributed by atoms with Crippen molar-refractivity contribution in [3.05, 3.63) is 54.1 Å². The number of carbonyl (C=O) groups excluding carboxylic acids is 2. The molecule has 0 aliphatic carbocycles. The van der Waals surface area contributed by atoms with Crippen LogP contribution in [-0.2, 0) is 16.1 Å². The summed E-state index contributed by atoms with van der Waals surface area (Å²) in [5.74, 6) is 0.513. The molecule has 6 heteroatoms. The molecule has 1 unspecified atom stereocenters. The Bertz CT molecular complexity index is 779. The fourth-order valence-corrected chi connectivity index (χ4v) is 3.69. The van der Waals surface area contributed by atoms with Crippen molar-refractivity contribution in [3.63, 3.8) is 0 Å². The summed E-state index contributed by atoms with van der Waals surface area (Å²) in [5.41, 5.74) is 1.77. The van der Waals surface area contributed by atoms with Gasteiger partial charge in [-0.25, -0.2) is 0 Å². The van der Waals surface area contributed by atoms with Crippen molar-refractivity contribution < 1.29 is 14.3 Å². The summed E-state index contributed by atoms with van der Waals surface area (Å²) in [4.78, 5) is 25.4. The minimum Gasteiger partial charge on any atom is -0.494 e. The Morgan fingerprint density at radius 3 is 2.92 bits per heavy atom. The van der Waals surface area contributed by atoms with Crippen molar-refractivity contribution in [2.75, 3.05) is 11.9 Å². The molecule has 3 rings (SSSR count). The lowest BCUT2D eigenvalue weighted by atomic mass is 10.2. The van der Waals surface area contributed by atoms with Crippen molar-refractivity contribution in [1.29, 1.82) is 0 Å². The number of anilines is 1. The number of thioether (sulfide) groups is 1. The molecule has 0 spiro atoms. The van der Waals surface area contributed by atoms with Crippen molar-refractivity contribution in [2.45, 2.75) is 30.0 Å². The first kappa shape index (κ1) is 17.4. The third kappa shape index (κ3) is 4.54. The Balaban J connectivity index is 1.54. The average molecular weight is 356 g/mol. The molecular weight excluding hydrogens is 336 g/mol. The summed E-state index contributed by atoms with van der Waals surface area (Å²) in [5, 5.41) is 5.31. The highest BCUT2D eigenvalue weighted by atomic mass is 32.2. The van der Waals surface area contributed by atoms with E-state index < -0.39 is 5.25 Å². The topological polar surface area (TPSA) is 67.4 Å². The number of carbonyl (C=O) groups is 2. The van der Waals surface area contributed by atoms with Gasteiger partial charge in [0, 0.05) is 17.9 Å². The molecule has 25 heavy (non-hydrogen) atoms. The van der Waals surface area contributed by atoms with Crippen LogP contribution in [0.5, 0.6) is 5.75 Å². The van der Waals surface area contributed by atoms with E-state index in [0.29, 0.717) is 13.2 Å². The van der Waals surface area contributed by atoms with E-state index in [1.165, 1.54) is 11.8 Å². The first-order valence-electron chi connectivity index (χ1n) is 8.20. The molecule has 2 N–H and O–H groups in total. The molecule has 130 valence electrons. The van der Waals surface area contributed by atoms with Gasteiger partial charge in [0.05, 0.1) is 17.5 Å². The predicted octanol–water partition coefficient (Wildman–Crippen LogP) is 3.20. The largest absolute Gasteiger partial charge is 0.494 e. The quantitative estimate of drug-likeness (QED) is 0.834. The first-order valence-corrected chi connectivity index (χ1v) is 9.08. The fraction of sp³-hybridized carbons (Fsp3) is 0.263. The number of ether oxygens (including phenoxy) is 1. The molecule has 2 amide bonds. The summed E-state index contributed by atoms with van der Waals surface area (Å²) < 4.78 is 5.45. The van der Waals surface area contributed by atoms with Gasteiger partial charge in [-0.1, -0.05) is 24.3 Å². The van der Waals surface area contributed by atoms with Crippen LogP contribution in [-0.4, -0.2) is 23.7 Å². The molecule has 2 aromatic carbocycles. The van der Waals surface area contributed by atoms with E-state index in [2.05, 4.69) is 10.6 Å². The smallest absolute Gasteiger partial charge is 0.238 e. The number of hydrogen-bond acceptors (Lipinski definition) is 4. The Morgan fingerprint density at radius 1 is 1.24 bits per heavy atom. The van der Waals surface area contributed by atoms with Gasteiger partial charge in [0.1, 0.15) is 5.75 Å². The van der Waals surface area contributed by atoms with Crippen LogP contribution < -0.4 is 15.4 Å². The van der Waals surface area contributed by atoms with Crippen molar-refractivity contribution >= 4 is 29.3 Å². The van der Waals surface area contributed by atoms with Crippen LogP contribution >= 0.6 is 11.8 Å². The zero-order chi connectivity index (χ0) is 17.6. The Kier molecular flexibility index (Phi) is 5.60. The predicted molar refractivity (Wildman–Crippen MR) is 98.8 cm³/mol. The molecule has 0 radical (unpaired) electrons. The third-order valence-corrected chi connectivity index (χ3v) is 5.05. The summed E-state index contributed by atoms with van der Waals surface area (Å²) in [6, 6.07) is 15.2. The number of amides is 2. The van der Waals surface area contributed by atoms with E-state index in [0.717, 1.165) is 21.9 Å². The number of fused-ring (bicyclic) bond motifs is 1. The number of para-hydroxylation sites is 1. The van der Waals surface area contributed by atoms with E-state index in [-0.39, 0.29) is 18.2 Å². The Morgan fingerprint density at radius 2 is 2.08 bits per heavy atom. The van der Waals surface area contributed by atoms with Crippen LogP contribution in [0.4, 0.5) is 5.69 Å². The van der Waals surface area contributed by atoms with Gasteiger partial charge in [0.15, 0.2) is 0 Å². The van der Waals surface area contributed by atoms with Crippen LogP contribution in [0.2, 0.25) is 0 Å². The molecule has 1 atom stereocenters. The molecular formula is C19H20N2O3S. The van der Waals surface area contributed by atoms with Crippen molar-refractivity contribution in [3.8, 4) is 5.75 Å². The van der Waals surface area contributed by atoms with Gasteiger partial charge in [0.25, 0.3) is 0 Å². The summed E-state index contributed by atoms with van der Waals surface area (Å²) in [6.07, 6.45) is 0.149. The number of nitrogens with one attached hydrogen (secondary N) is 2. The third-order valence-electron chi connectivity index (χ3n) is 3.78. The van der Waals surface area contributed by atoms with Gasteiger partial charge in [-0.05, 0) is 36.8 Å². The van der Waals surface area contributed by atoms with Gasteiger partial charge >= 0.3 is 0 Å². The number of benzene rings is 2. The summed E-state index contributed by atoms with van der Waals surface area (Å²) in [6.45, 7) is 2.94. The molecule has 2 aromatic rings. The zero-order valence-corrected chi connectivity index (χ0v) is 14.8. The molecule has 0 saturated carbocycles. The molecule has 5 nitrogen and oxygen atoms in total. The first-order chi connectivity index (χ1) is 12.2. The van der Waals surface area contributed by atoms with E-state index in [9.17, 15) is 9.59 Å². The van der Waals surface area contributed by atoms with Gasteiger partial charge in [-0.15, -0.1) is 11.8 Å². The van der Waals surface area contributed by atoms with Gasteiger partial charge < -0.3 is 15.4 Å². The summed E-state index contributed by atoms with van der Waals surface area (Å²) in [7, 11) is 0. The highest BCUT2D eigenvalue weighted by Crippen LogP contribution is 2.36. The molecule has 0 saturated heterocycles. The van der Waals surface area contributed by atoms with Crippen molar-refractivity contribution in [1.82, 2.24) is 5.32 Å². The van der Waals surface area contributed by atoms with Crippen LogP contribution in [0.25, 0.3) is 0 Å². The lowest BCUT2D eigenvalue weighted by molar-refractivity contribution is -0.124. The van der Waals surface area contributed by atoms with E-state index in [1.807, 2.05) is 55.5 Å². The highest BCUT2D eigenvalue weighted by molar-refractivity contribution is 8.01. The maximum absolute atomic E-state index is 12.2. The second-order valence-corrected chi connectivity index (χ2v) is 6.90. The maximum Gasteiger partial charge on any atom is 0.238 e. The number of hydrogen-bond donors (Lipinski definition) is 2. The van der Waals surface area contributed by atoms with Gasteiger partial charge in [-0.2, -0.15) is 0 Å². The van der Waals surface area contributed by atoms with E-state index in [1.54, 1.807) is 0 Å². The normalized spacial score (nSPS) is 15.9. The molecule has 1 aliphatic rings. The molecule has 1 aliphatic heterocycles. The average Bonchev–Trinajstić information content (AvgIpc) is 2.61. The van der Waals surface area contributed by atoms with Crippen LogP contribution in [0.3, 0.4) is 0 Å². The summed E-state index contributed by atoms with van der Waals surface area (Å²) >= 11 is 1.43. The van der Waals surface area contributed by atoms with Crippen LogP contribution in [0, 0.1) is 0 Å². The maximum atomic E-state index is 12.2. The Hall–Kier alpha value is -2.47. The zero-order valence-electron chi connectivity index (χ0n) is 14.0. The number of rotatable bonds is 6. The molecule has 1 heterocycles. The van der Waals surface area contributed by atoms with Crippen LogP contribution in [0.15, 0.2) is 53.4 Å². The van der Waals surface area contributed by atoms with Gasteiger partial charge in [-0.3, -0.25) is 9.59 Å². The fourth-order valence-electron chi connectivity index (χ4n) is 2.58.